The Bertz CT molecular complexity index is 757. The maximum atomic E-state index is 4.49. The van der Waals surface area contributed by atoms with E-state index in [1.807, 2.05) is 0 Å². The smallest absolute Gasteiger partial charge is 0.218 e. The van der Waals surface area contributed by atoms with Crippen LogP contribution in [-0.4, -0.2) is 58.9 Å². The van der Waals surface area contributed by atoms with E-state index in [1.54, 1.807) is 11.3 Å². The first kappa shape index (κ1) is 21.8. The largest absolute Gasteiger partial charge is 0.347 e. The Morgan fingerprint density at radius 1 is 1.10 bits per heavy atom. The maximum Gasteiger partial charge on any atom is 0.218 e. The zero-order chi connectivity index (χ0) is 20.8. The summed E-state index contributed by atoms with van der Waals surface area (Å²) in [6.07, 6.45) is 12.8. The molecule has 2 aromatic rings. The molecule has 0 amide bonds. The molecule has 1 N–H and O–H groups in total. The lowest BCUT2D eigenvalue weighted by atomic mass is 9.94. The van der Waals surface area contributed by atoms with Gasteiger partial charge in [0.25, 0.3) is 0 Å². The summed E-state index contributed by atoms with van der Waals surface area (Å²) in [7, 11) is 2.30. The molecule has 0 radical (unpaired) electrons. The van der Waals surface area contributed by atoms with Crippen LogP contribution in [0.2, 0.25) is 0 Å². The van der Waals surface area contributed by atoms with Crippen LogP contribution in [0.4, 0.5) is 5.13 Å². The number of hydrogen-bond donors (Lipinski definition) is 1. The summed E-state index contributed by atoms with van der Waals surface area (Å²) < 4.78 is 2.19. The number of piperidine rings is 1. The van der Waals surface area contributed by atoms with Gasteiger partial charge in [0.1, 0.15) is 0 Å². The first-order chi connectivity index (χ1) is 14.7. The molecule has 3 heterocycles. The predicted molar refractivity (Wildman–Crippen MR) is 126 cm³/mol. The first-order valence-electron chi connectivity index (χ1n) is 11.9. The molecule has 0 atom stereocenters. The molecule has 1 saturated carbocycles. The number of nitrogens with zero attached hydrogens (tertiary/aromatic N) is 5. The first-order valence-corrected chi connectivity index (χ1v) is 12.7. The number of rotatable bonds is 9. The van der Waals surface area contributed by atoms with Crippen LogP contribution in [0, 0.1) is 5.92 Å². The van der Waals surface area contributed by atoms with Gasteiger partial charge in [0.05, 0.1) is 0 Å². The molecular weight excluding hydrogens is 392 g/mol. The Balaban J connectivity index is 1.23. The lowest BCUT2D eigenvalue weighted by Crippen LogP contribution is -2.35. The molecule has 7 heteroatoms. The van der Waals surface area contributed by atoms with E-state index in [4.69, 9.17) is 0 Å². The summed E-state index contributed by atoms with van der Waals surface area (Å²) in [6, 6.07) is 5.10. The third-order valence-electron chi connectivity index (χ3n) is 6.87. The third-order valence-corrected chi connectivity index (χ3v) is 7.85. The summed E-state index contributed by atoms with van der Waals surface area (Å²) in [5.41, 5.74) is 1.26. The fourth-order valence-electron chi connectivity index (χ4n) is 4.75. The molecule has 1 saturated heterocycles. The third kappa shape index (κ3) is 5.62. The van der Waals surface area contributed by atoms with E-state index in [9.17, 15) is 0 Å². The zero-order valence-electron chi connectivity index (χ0n) is 18.7. The minimum Gasteiger partial charge on any atom is -0.347 e. The molecule has 0 spiro atoms. The van der Waals surface area contributed by atoms with Crippen LogP contribution in [0.1, 0.15) is 64.0 Å². The molecule has 30 heavy (non-hydrogen) atoms. The van der Waals surface area contributed by atoms with Crippen molar-refractivity contribution in [3.8, 4) is 5.13 Å². The Morgan fingerprint density at radius 3 is 2.67 bits per heavy atom. The van der Waals surface area contributed by atoms with E-state index in [2.05, 4.69) is 62.2 Å². The Morgan fingerprint density at radius 2 is 1.87 bits per heavy atom. The Hall–Kier alpha value is -1.44. The van der Waals surface area contributed by atoms with Crippen molar-refractivity contribution >= 4 is 16.5 Å². The minimum absolute atomic E-state index is 0.811. The van der Waals surface area contributed by atoms with Crippen LogP contribution >= 0.6 is 11.3 Å². The summed E-state index contributed by atoms with van der Waals surface area (Å²) in [5, 5.41) is 14.6. The highest BCUT2D eigenvalue weighted by atomic mass is 32.1. The monoisotopic (exact) mass is 430 g/mol. The fourth-order valence-corrected chi connectivity index (χ4v) is 5.67. The van der Waals surface area contributed by atoms with E-state index in [1.165, 1.54) is 63.6 Å². The lowest BCUT2D eigenvalue weighted by molar-refractivity contribution is 0.189. The molecule has 0 aromatic carbocycles. The number of hydrogen-bond acceptors (Lipinski definition) is 6. The molecule has 0 bridgehead atoms. The van der Waals surface area contributed by atoms with Gasteiger partial charge in [0.2, 0.25) is 10.3 Å². The van der Waals surface area contributed by atoms with E-state index in [-0.39, 0.29) is 0 Å². The van der Waals surface area contributed by atoms with Crippen molar-refractivity contribution in [2.24, 2.45) is 5.92 Å². The summed E-state index contributed by atoms with van der Waals surface area (Å²) in [6.45, 7) is 7.66. The van der Waals surface area contributed by atoms with Gasteiger partial charge < -0.3 is 15.1 Å². The quantitative estimate of drug-likeness (QED) is 0.601. The second kappa shape index (κ2) is 10.7. The van der Waals surface area contributed by atoms with E-state index in [0.717, 1.165) is 48.4 Å². The van der Waals surface area contributed by atoms with Gasteiger partial charge in [0.15, 0.2) is 0 Å². The maximum absolute atomic E-state index is 4.49. The predicted octanol–water partition coefficient (Wildman–Crippen LogP) is 4.31. The van der Waals surface area contributed by atoms with Gasteiger partial charge in [-0.3, -0.25) is 4.57 Å². The average Bonchev–Trinajstić information content (AvgIpc) is 3.44. The van der Waals surface area contributed by atoms with Crippen molar-refractivity contribution in [1.82, 2.24) is 25.0 Å². The van der Waals surface area contributed by atoms with Crippen LogP contribution in [0.5, 0.6) is 0 Å². The summed E-state index contributed by atoms with van der Waals surface area (Å²) in [5.74, 6) is 0.832. The van der Waals surface area contributed by atoms with Crippen molar-refractivity contribution in [2.75, 3.05) is 38.1 Å². The minimum atomic E-state index is 0.811. The number of nitrogens with one attached hydrogen (secondary N) is 1. The molecule has 2 fully saturated rings. The van der Waals surface area contributed by atoms with Gasteiger partial charge in [-0.2, -0.15) is 0 Å². The van der Waals surface area contributed by atoms with Crippen LogP contribution in [-0.2, 0) is 6.54 Å². The van der Waals surface area contributed by atoms with Gasteiger partial charge in [-0.25, -0.2) is 0 Å². The molecule has 2 aliphatic rings. The Kier molecular flexibility index (Phi) is 7.79. The molecule has 0 unspecified atom stereocenters. The van der Waals surface area contributed by atoms with Crippen molar-refractivity contribution in [3.05, 3.63) is 24.0 Å². The van der Waals surface area contributed by atoms with Gasteiger partial charge in [-0.1, -0.05) is 37.5 Å². The molecule has 1 aliphatic carbocycles. The van der Waals surface area contributed by atoms with E-state index in [0.29, 0.717) is 0 Å². The van der Waals surface area contributed by atoms with E-state index < -0.39 is 0 Å². The fraction of sp³-hybridized carbons (Fsp3) is 0.739. The molecule has 4 rings (SSSR count). The zero-order valence-corrected chi connectivity index (χ0v) is 19.5. The van der Waals surface area contributed by atoms with Crippen molar-refractivity contribution in [3.63, 3.8) is 0 Å². The SMILES string of the molecule is CC1CCN(c2nnc(-n3cccc3CNCCCN(C)C3CCCCC3)s2)CC1. The molecule has 6 nitrogen and oxygen atoms in total. The molecule has 1 aliphatic heterocycles. The van der Waals surface area contributed by atoms with Crippen molar-refractivity contribution < 1.29 is 0 Å². The molecular formula is C23H38N6S. The summed E-state index contributed by atoms with van der Waals surface area (Å²) >= 11 is 1.71. The van der Waals surface area contributed by atoms with E-state index >= 15 is 0 Å². The highest BCUT2D eigenvalue weighted by Gasteiger charge is 2.20. The molecule has 2 aromatic heterocycles. The van der Waals surface area contributed by atoms with Gasteiger partial charge in [0, 0.05) is 37.6 Å². The summed E-state index contributed by atoms with van der Waals surface area (Å²) in [4.78, 5) is 4.97. The van der Waals surface area contributed by atoms with Crippen molar-refractivity contribution in [2.45, 2.75) is 70.9 Å². The average molecular weight is 431 g/mol. The number of aromatic nitrogens is 3. The van der Waals surface area contributed by atoms with Crippen LogP contribution in [0.3, 0.4) is 0 Å². The lowest BCUT2D eigenvalue weighted by Gasteiger charge is -2.31. The highest BCUT2D eigenvalue weighted by molar-refractivity contribution is 7.17. The normalized spacial score (nSPS) is 19.1. The van der Waals surface area contributed by atoms with Crippen LogP contribution in [0.15, 0.2) is 18.3 Å². The number of anilines is 1. The topological polar surface area (TPSA) is 49.2 Å². The second-order valence-electron chi connectivity index (χ2n) is 9.21. The van der Waals surface area contributed by atoms with Crippen LogP contribution in [0.25, 0.3) is 5.13 Å². The molecule has 166 valence electrons. The second-order valence-corrected chi connectivity index (χ2v) is 10.1. The Labute approximate surface area is 185 Å². The van der Waals surface area contributed by atoms with Gasteiger partial charge >= 0.3 is 0 Å². The van der Waals surface area contributed by atoms with Gasteiger partial charge in [-0.05, 0) is 70.3 Å². The standard InChI is InChI=1S/C23H38N6S/c1-19-11-16-28(17-12-19)22-25-26-23(30-22)29-15-6-10-21(29)18-24-13-7-14-27(2)20-8-4-3-5-9-20/h6,10,15,19-20,24H,3-5,7-9,11-14,16-18H2,1-2H3. The highest BCUT2D eigenvalue weighted by Crippen LogP contribution is 2.28. The van der Waals surface area contributed by atoms with Crippen LogP contribution < -0.4 is 10.2 Å². The van der Waals surface area contributed by atoms with Gasteiger partial charge in [-0.15, -0.1) is 10.2 Å². The van der Waals surface area contributed by atoms with Crippen molar-refractivity contribution in [1.29, 1.82) is 0 Å².